The molecule has 5 heteroatoms. The summed E-state index contributed by atoms with van der Waals surface area (Å²) in [7, 11) is 2.28. The Morgan fingerprint density at radius 3 is 2.37 bits per heavy atom. The fourth-order valence-corrected chi connectivity index (χ4v) is 11.0. The molecular formula is C38H65N3O2. The van der Waals surface area contributed by atoms with Crippen molar-refractivity contribution in [3.8, 4) is 0 Å². The second kappa shape index (κ2) is 15.1. The molecule has 4 aliphatic rings. The van der Waals surface area contributed by atoms with Gasteiger partial charge in [0.2, 0.25) is 0 Å². The number of rotatable bonds is 15. The molecule has 244 valence electrons. The van der Waals surface area contributed by atoms with Crippen LogP contribution in [0.2, 0.25) is 0 Å². The molecule has 0 aromatic heterocycles. The Balaban J connectivity index is 1.25. The zero-order chi connectivity index (χ0) is 30.5. The number of hydrogen-bond donors (Lipinski definition) is 2. The zero-order valence-electron chi connectivity index (χ0n) is 28.2. The first-order valence-electron chi connectivity index (χ1n) is 18.2. The third-order valence-corrected chi connectivity index (χ3v) is 13.3. The molecule has 0 radical (unpaired) electrons. The molecular weight excluding hydrogens is 530 g/mol. The van der Waals surface area contributed by atoms with E-state index in [4.69, 9.17) is 20.9 Å². The molecule has 43 heavy (non-hydrogen) atoms. The zero-order valence-corrected chi connectivity index (χ0v) is 28.2. The van der Waals surface area contributed by atoms with Crippen molar-refractivity contribution < 1.29 is 9.47 Å². The summed E-state index contributed by atoms with van der Waals surface area (Å²) in [6, 6.07) is 10.9. The van der Waals surface area contributed by atoms with E-state index in [1.54, 1.807) is 0 Å². The van der Waals surface area contributed by atoms with Gasteiger partial charge in [-0.1, -0.05) is 51.1 Å². The van der Waals surface area contributed by atoms with Gasteiger partial charge in [0.25, 0.3) is 0 Å². The van der Waals surface area contributed by atoms with Gasteiger partial charge in [-0.25, -0.2) is 0 Å². The van der Waals surface area contributed by atoms with E-state index in [0.29, 0.717) is 17.6 Å². The van der Waals surface area contributed by atoms with Crippen molar-refractivity contribution in [2.45, 2.75) is 117 Å². The molecule has 4 saturated carbocycles. The van der Waals surface area contributed by atoms with Gasteiger partial charge in [0, 0.05) is 19.8 Å². The van der Waals surface area contributed by atoms with E-state index in [-0.39, 0.29) is 5.41 Å². The smallest absolute Gasteiger partial charge is 0.0637 e. The Hall–Kier alpha value is -0.980. The molecule has 0 amide bonds. The molecule has 0 heterocycles. The van der Waals surface area contributed by atoms with Gasteiger partial charge in [-0.15, -0.1) is 0 Å². The van der Waals surface area contributed by atoms with Gasteiger partial charge < -0.3 is 25.8 Å². The van der Waals surface area contributed by atoms with Gasteiger partial charge in [0.15, 0.2) is 0 Å². The average molecular weight is 596 g/mol. The van der Waals surface area contributed by atoms with Crippen molar-refractivity contribution >= 4 is 0 Å². The van der Waals surface area contributed by atoms with Crippen molar-refractivity contribution in [1.29, 1.82) is 0 Å². The molecule has 2 unspecified atom stereocenters. The molecule has 4 N–H and O–H groups in total. The first-order chi connectivity index (χ1) is 20.8. The van der Waals surface area contributed by atoms with Crippen LogP contribution >= 0.6 is 0 Å². The quantitative estimate of drug-likeness (QED) is 0.209. The lowest BCUT2D eigenvalue weighted by molar-refractivity contribution is -0.192. The number of fused-ring (bicyclic) bond motifs is 5. The minimum atomic E-state index is 0.289. The molecule has 1 aromatic carbocycles. The maximum Gasteiger partial charge on any atom is 0.0637 e. The fraction of sp³-hybridized carbons (Fsp3) is 0.842. The second-order valence-electron chi connectivity index (χ2n) is 15.7. The van der Waals surface area contributed by atoms with Crippen LogP contribution in [0.4, 0.5) is 0 Å². The predicted molar refractivity (Wildman–Crippen MR) is 179 cm³/mol. The van der Waals surface area contributed by atoms with Gasteiger partial charge >= 0.3 is 0 Å². The van der Waals surface area contributed by atoms with Crippen LogP contribution in [0.3, 0.4) is 0 Å². The van der Waals surface area contributed by atoms with E-state index >= 15 is 0 Å². The Labute approximate surface area is 264 Å². The molecule has 5 nitrogen and oxygen atoms in total. The Morgan fingerprint density at radius 1 is 0.884 bits per heavy atom. The Morgan fingerprint density at radius 2 is 1.63 bits per heavy atom. The number of benzene rings is 1. The van der Waals surface area contributed by atoms with Gasteiger partial charge in [-0.3, -0.25) is 0 Å². The molecule has 4 fully saturated rings. The molecule has 4 aliphatic carbocycles. The van der Waals surface area contributed by atoms with Crippen molar-refractivity contribution in [3.63, 3.8) is 0 Å². The molecule has 5 rings (SSSR count). The molecule has 0 saturated heterocycles. The van der Waals surface area contributed by atoms with Crippen molar-refractivity contribution in [2.24, 2.45) is 57.8 Å². The predicted octanol–water partition coefficient (Wildman–Crippen LogP) is 7.27. The first-order valence-corrected chi connectivity index (χ1v) is 18.2. The van der Waals surface area contributed by atoms with Gasteiger partial charge in [-0.05, 0) is 156 Å². The molecule has 1 aromatic rings. The van der Waals surface area contributed by atoms with E-state index in [2.05, 4.69) is 63.1 Å². The fourth-order valence-electron chi connectivity index (χ4n) is 11.0. The van der Waals surface area contributed by atoms with Crippen LogP contribution < -0.4 is 11.5 Å². The van der Waals surface area contributed by atoms with E-state index in [1.165, 1.54) is 76.3 Å². The van der Waals surface area contributed by atoms with E-state index in [9.17, 15) is 0 Å². The topological polar surface area (TPSA) is 73.7 Å². The lowest BCUT2D eigenvalue weighted by Gasteiger charge is -2.63. The maximum atomic E-state index is 6.97. The number of hydrogen-bond acceptors (Lipinski definition) is 5. The first kappa shape index (κ1) is 33.4. The summed E-state index contributed by atoms with van der Waals surface area (Å²) < 4.78 is 13.3. The normalized spacial score (nSPS) is 38.0. The SMILES string of the molecule is C[C@H](CCCN(C)Cc1ccccc1)[C@H]1CC[C@H]2C3CCC4C[C@H](OCCCN)CC[C@]4(C)[C@H]3C[C@H](OCCCN)[C@]12C. The summed E-state index contributed by atoms with van der Waals surface area (Å²) in [5, 5.41) is 0. The van der Waals surface area contributed by atoms with E-state index in [1.807, 2.05) is 0 Å². The minimum absolute atomic E-state index is 0.289. The van der Waals surface area contributed by atoms with Crippen LogP contribution in [-0.4, -0.2) is 57.0 Å². The second-order valence-corrected chi connectivity index (χ2v) is 15.7. The maximum absolute atomic E-state index is 6.97. The summed E-state index contributed by atoms with van der Waals surface area (Å²) in [5.41, 5.74) is 13.8. The van der Waals surface area contributed by atoms with Crippen LogP contribution in [0.5, 0.6) is 0 Å². The van der Waals surface area contributed by atoms with Crippen molar-refractivity contribution in [1.82, 2.24) is 4.90 Å². The third kappa shape index (κ3) is 7.22. The van der Waals surface area contributed by atoms with Crippen molar-refractivity contribution in [3.05, 3.63) is 35.9 Å². The summed E-state index contributed by atoms with van der Waals surface area (Å²) in [6.07, 6.45) is 16.0. The average Bonchev–Trinajstić information content (AvgIpc) is 3.36. The standard InChI is InChI=1S/C38H65N3O2/c1-28(11-8-22-41(4)27-29-12-6-5-7-13-29)33-16-17-34-32-15-14-30-25-31(42-23-9-20-39)18-19-37(30,2)35(32)26-36(38(33,34)3)43-24-10-21-40/h5-7,12-13,28,30-36H,8-11,14-27,39-40H2,1-4H3/t28-,30?,31-,32?,33-,34+,35+,36+,37+,38-/m1/s1. The van der Waals surface area contributed by atoms with Crippen LogP contribution in [-0.2, 0) is 16.0 Å². The van der Waals surface area contributed by atoms with Crippen LogP contribution in [0.1, 0.15) is 103 Å². The monoisotopic (exact) mass is 596 g/mol. The highest BCUT2D eigenvalue weighted by molar-refractivity contribution is 5.15. The summed E-state index contributed by atoms with van der Waals surface area (Å²) in [4.78, 5) is 2.50. The van der Waals surface area contributed by atoms with Crippen molar-refractivity contribution in [2.75, 3.05) is 39.9 Å². The number of nitrogens with two attached hydrogens (primary N) is 2. The minimum Gasteiger partial charge on any atom is -0.378 e. The van der Waals surface area contributed by atoms with E-state index < -0.39 is 0 Å². The van der Waals surface area contributed by atoms with Gasteiger partial charge in [0.05, 0.1) is 12.2 Å². The summed E-state index contributed by atoms with van der Waals surface area (Å²) >= 11 is 0. The molecule has 0 bridgehead atoms. The molecule has 10 atom stereocenters. The van der Waals surface area contributed by atoms with Gasteiger partial charge in [-0.2, -0.15) is 0 Å². The molecule has 0 aliphatic heterocycles. The van der Waals surface area contributed by atoms with E-state index in [0.717, 1.165) is 81.2 Å². The third-order valence-electron chi connectivity index (χ3n) is 13.3. The number of nitrogens with zero attached hydrogens (tertiary/aromatic N) is 1. The highest BCUT2D eigenvalue weighted by Crippen LogP contribution is 2.69. The largest absolute Gasteiger partial charge is 0.378 e. The number of ether oxygens (including phenoxy) is 2. The van der Waals surface area contributed by atoms with Crippen LogP contribution in [0, 0.1) is 46.3 Å². The molecule has 0 spiro atoms. The highest BCUT2D eigenvalue weighted by atomic mass is 16.5. The Kier molecular flexibility index (Phi) is 11.7. The summed E-state index contributed by atoms with van der Waals surface area (Å²) in [6.45, 7) is 13.2. The highest BCUT2D eigenvalue weighted by Gasteiger charge is 2.64. The Bertz CT molecular complexity index is 975. The lowest BCUT2D eigenvalue weighted by Crippen LogP contribution is -2.59. The lowest BCUT2D eigenvalue weighted by atomic mass is 9.43. The van der Waals surface area contributed by atoms with Crippen LogP contribution in [0.15, 0.2) is 30.3 Å². The van der Waals surface area contributed by atoms with Gasteiger partial charge in [0.1, 0.15) is 0 Å². The summed E-state index contributed by atoms with van der Waals surface area (Å²) in [5.74, 6) is 4.76. The van der Waals surface area contributed by atoms with Crippen LogP contribution in [0.25, 0.3) is 0 Å².